The molecule has 0 spiro atoms. The molecule has 41 heavy (non-hydrogen) atoms. The van der Waals surface area contributed by atoms with E-state index in [9.17, 15) is 18.0 Å². The Labute approximate surface area is 237 Å². The highest BCUT2D eigenvalue weighted by molar-refractivity contribution is 5.75. The second-order valence-electron chi connectivity index (χ2n) is 12.3. The molecule has 0 amide bonds. The number of nitrogens with zero attached hydrogens (tertiary/aromatic N) is 6. The lowest BCUT2D eigenvalue weighted by molar-refractivity contribution is -0.337. The Morgan fingerprint density at radius 1 is 1.02 bits per heavy atom. The van der Waals surface area contributed by atoms with E-state index >= 15 is 0 Å². The Morgan fingerprint density at radius 3 is 2.37 bits per heavy atom. The minimum absolute atomic E-state index is 0.0492. The predicted molar refractivity (Wildman–Crippen MR) is 149 cm³/mol. The molecule has 1 aliphatic heterocycles. The SMILES string of the molecule is CCCN(CCC)n1cc([C@H]2C[C@@H](c3nc(C45CC(C(F)(F)F)(C4)C5)c4nc(C)c(C)nc4n3)CCO2)ccc1=O. The Hall–Kier alpha value is -3.08. The number of aryl methyl sites for hydroxylation is 2. The number of ether oxygens (including phenoxy) is 1. The summed E-state index contributed by atoms with van der Waals surface area (Å²) in [5, 5.41) is 2.06. The zero-order chi connectivity index (χ0) is 29.2. The van der Waals surface area contributed by atoms with Crippen LogP contribution < -0.4 is 10.6 Å². The summed E-state index contributed by atoms with van der Waals surface area (Å²) in [5.74, 6) is 0.531. The number of alkyl halides is 3. The highest BCUT2D eigenvalue weighted by Crippen LogP contribution is 2.78. The molecule has 220 valence electrons. The Morgan fingerprint density at radius 2 is 1.71 bits per heavy atom. The molecule has 4 aliphatic rings. The molecule has 2 bridgehead atoms. The average molecular weight is 571 g/mol. The first kappa shape index (κ1) is 28.1. The summed E-state index contributed by atoms with van der Waals surface area (Å²) < 4.78 is 49.0. The van der Waals surface area contributed by atoms with Crippen LogP contribution >= 0.6 is 0 Å². The van der Waals surface area contributed by atoms with E-state index < -0.39 is 17.0 Å². The molecular weight excluding hydrogens is 533 g/mol. The van der Waals surface area contributed by atoms with Crippen LogP contribution in [0.25, 0.3) is 11.2 Å². The smallest absolute Gasteiger partial charge is 0.373 e. The molecule has 3 saturated carbocycles. The van der Waals surface area contributed by atoms with Crippen LogP contribution in [0.5, 0.6) is 0 Å². The van der Waals surface area contributed by atoms with Crippen LogP contribution in [0.3, 0.4) is 0 Å². The van der Waals surface area contributed by atoms with E-state index in [1.54, 1.807) is 10.7 Å². The van der Waals surface area contributed by atoms with Crippen molar-refractivity contribution in [3.63, 3.8) is 0 Å². The van der Waals surface area contributed by atoms with Gasteiger partial charge in [-0.2, -0.15) is 13.2 Å². The molecule has 8 nitrogen and oxygen atoms in total. The molecule has 0 radical (unpaired) electrons. The van der Waals surface area contributed by atoms with Crippen molar-refractivity contribution in [3.05, 3.63) is 57.2 Å². The first-order valence-corrected chi connectivity index (χ1v) is 14.7. The molecule has 1 saturated heterocycles. The van der Waals surface area contributed by atoms with Gasteiger partial charge in [0.15, 0.2) is 5.65 Å². The van der Waals surface area contributed by atoms with E-state index in [0.717, 1.165) is 42.9 Å². The van der Waals surface area contributed by atoms with Crippen LogP contribution in [0.4, 0.5) is 13.2 Å². The lowest BCUT2D eigenvalue weighted by atomic mass is 9.34. The van der Waals surface area contributed by atoms with Crippen molar-refractivity contribution in [2.45, 2.75) is 96.3 Å². The zero-order valence-corrected chi connectivity index (χ0v) is 24.1. The zero-order valence-electron chi connectivity index (χ0n) is 24.1. The Balaban J connectivity index is 1.33. The van der Waals surface area contributed by atoms with E-state index in [0.29, 0.717) is 42.1 Å². The maximum absolute atomic E-state index is 13.7. The average Bonchev–Trinajstić information content (AvgIpc) is 2.87. The normalized spacial score (nSPS) is 27.4. The van der Waals surface area contributed by atoms with Gasteiger partial charge in [0.25, 0.3) is 5.56 Å². The first-order valence-electron chi connectivity index (χ1n) is 14.7. The highest BCUT2D eigenvalue weighted by atomic mass is 19.4. The molecule has 0 unspecified atom stereocenters. The molecule has 0 aromatic carbocycles. The van der Waals surface area contributed by atoms with Crippen molar-refractivity contribution in [2.75, 3.05) is 24.7 Å². The summed E-state index contributed by atoms with van der Waals surface area (Å²) in [6.45, 7) is 9.93. The molecule has 2 atom stereocenters. The number of hydrogen-bond acceptors (Lipinski definition) is 7. The third kappa shape index (κ3) is 4.60. The highest BCUT2D eigenvalue weighted by Gasteiger charge is 2.79. The summed E-state index contributed by atoms with van der Waals surface area (Å²) in [5.41, 5.74) is 1.68. The number of aromatic nitrogens is 5. The van der Waals surface area contributed by atoms with Crippen LogP contribution in [0.1, 0.15) is 99.3 Å². The minimum atomic E-state index is -4.20. The lowest BCUT2D eigenvalue weighted by Gasteiger charge is -2.70. The van der Waals surface area contributed by atoms with Crippen LogP contribution in [-0.4, -0.2) is 50.5 Å². The standard InChI is InChI=1S/C30H37F3N6O2/c1-5-10-38(11-6-2)39-14-21(7-8-23(39)40)22-13-20(9-12-41-22)26-36-25(24-27(37-26)35-19(4)18(3)34-24)28-15-29(16-28,17-28)30(31,32)33/h7-8,14,20,22H,5-6,9-13,15-17H2,1-4H3/t20-,22+,28?,29?/m0/s1. The summed E-state index contributed by atoms with van der Waals surface area (Å²) in [7, 11) is 0. The van der Waals surface area contributed by atoms with Gasteiger partial charge in [-0.05, 0) is 70.4 Å². The van der Waals surface area contributed by atoms with Crippen molar-refractivity contribution < 1.29 is 17.9 Å². The van der Waals surface area contributed by atoms with Crippen LogP contribution in [0.2, 0.25) is 0 Å². The van der Waals surface area contributed by atoms with Crippen LogP contribution in [-0.2, 0) is 10.2 Å². The lowest BCUT2D eigenvalue weighted by Crippen LogP contribution is -2.70. The van der Waals surface area contributed by atoms with E-state index in [1.165, 1.54) is 0 Å². The predicted octanol–water partition coefficient (Wildman–Crippen LogP) is 5.58. The number of pyridine rings is 1. The van der Waals surface area contributed by atoms with Gasteiger partial charge in [-0.3, -0.25) is 4.79 Å². The molecule has 4 heterocycles. The second kappa shape index (κ2) is 10.0. The third-order valence-electron chi connectivity index (χ3n) is 9.30. The fraction of sp³-hybridized carbons (Fsp3) is 0.633. The summed E-state index contributed by atoms with van der Waals surface area (Å²) in [4.78, 5) is 31.9. The Kier molecular flexibility index (Phi) is 6.86. The van der Waals surface area contributed by atoms with Gasteiger partial charge in [0.1, 0.15) is 11.3 Å². The van der Waals surface area contributed by atoms with Gasteiger partial charge < -0.3 is 9.75 Å². The van der Waals surface area contributed by atoms with Gasteiger partial charge in [0.05, 0.1) is 28.6 Å². The first-order chi connectivity index (χ1) is 19.5. The molecule has 11 heteroatoms. The maximum atomic E-state index is 13.7. The number of rotatable bonds is 8. The third-order valence-corrected chi connectivity index (χ3v) is 9.30. The largest absolute Gasteiger partial charge is 0.394 e. The van der Waals surface area contributed by atoms with Crippen LogP contribution in [0, 0.1) is 19.3 Å². The maximum Gasteiger partial charge on any atom is 0.394 e. The number of halogens is 3. The fourth-order valence-electron chi connectivity index (χ4n) is 7.03. The van der Waals surface area contributed by atoms with Gasteiger partial charge in [-0.1, -0.05) is 13.8 Å². The van der Waals surface area contributed by atoms with Crippen molar-refractivity contribution in [1.29, 1.82) is 0 Å². The van der Waals surface area contributed by atoms with Gasteiger partial charge in [-0.15, -0.1) is 0 Å². The van der Waals surface area contributed by atoms with E-state index in [4.69, 9.17) is 19.7 Å². The van der Waals surface area contributed by atoms with E-state index in [2.05, 4.69) is 23.8 Å². The quantitative estimate of drug-likeness (QED) is 0.350. The van der Waals surface area contributed by atoms with Crippen molar-refractivity contribution in [1.82, 2.24) is 24.6 Å². The topological polar surface area (TPSA) is 86.0 Å². The van der Waals surface area contributed by atoms with Gasteiger partial charge in [0.2, 0.25) is 0 Å². The molecule has 3 aromatic heterocycles. The summed E-state index contributed by atoms with van der Waals surface area (Å²) in [6, 6.07) is 3.41. The fourth-order valence-corrected chi connectivity index (χ4v) is 7.03. The summed E-state index contributed by atoms with van der Waals surface area (Å²) >= 11 is 0. The molecule has 7 rings (SSSR count). The second-order valence-corrected chi connectivity index (χ2v) is 12.3. The molecule has 3 aromatic rings. The monoisotopic (exact) mass is 570 g/mol. The molecule has 4 fully saturated rings. The van der Waals surface area contributed by atoms with Gasteiger partial charge in [0, 0.05) is 43.3 Å². The summed E-state index contributed by atoms with van der Waals surface area (Å²) in [6.07, 6.45) is 0.703. The van der Waals surface area contributed by atoms with Gasteiger partial charge >= 0.3 is 6.18 Å². The van der Waals surface area contributed by atoms with Gasteiger partial charge in [-0.25, -0.2) is 24.6 Å². The number of fused-ring (bicyclic) bond motifs is 1. The van der Waals surface area contributed by atoms with E-state index in [1.807, 2.05) is 26.1 Å². The molecule has 0 N–H and O–H groups in total. The van der Waals surface area contributed by atoms with Crippen molar-refractivity contribution >= 4 is 11.2 Å². The Bertz CT molecular complexity index is 1510. The van der Waals surface area contributed by atoms with Crippen molar-refractivity contribution in [2.24, 2.45) is 5.41 Å². The number of hydrogen-bond donors (Lipinski definition) is 0. The molecular formula is C30H37F3N6O2. The van der Waals surface area contributed by atoms with Crippen LogP contribution in [0.15, 0.2) is 23.1 Å². The minimum Gasteiger partial charge on any atom is -0.373 e. The van der Waals surface area contributed by atoms with Crippen molar-refractivity contribution in [3.8, 4) is 0 Å². The molecule has 3 aliphatic carbocycles. The van der Waals surface area contributed by atoms with E-state index in [-0.39, 0.29) is 36.8 Å².